The quantitative estimate of drug-likeness (QED) is 0.924. The average Bonchev–Trinajstić information content (AvgIpc) is 2.55. The van der Waals surface area contributed by atoms with Crippen LogP contribution >= 0.6 is 0 Å². The van der Waals surface area contributed by atoms with E-state index in [1.165, 1.54) is 10.8 Å². The Morgan fingerprint density at radius 3 is 2.43 bits per heavy atom. The molecule has 1 unspecified atom stereocenters. The summed E-state index contributed by atoms with van der Waals surface area (Å²) in [6, 6.07) is 8.84. The van der Waals surface area contributed by atoms with Crippen LogP contribution in [0, 0.1) is 6.92 Å². The van der Waals surface area contributed by atoms with Gasteiger partial charge in [0.1, 0.15) is 0 Å². The van der Waals surface area contributed by atoms with Crippen LogP contribution in [-0.4, -0.2) is 53.9 Å². The maximum Gasteiger partial charge on any atom is 0.159 e. The van der Waals surface area contributed by atoms with E-state index in [1.54, 1.807) is 0 Å². The largest absolute Gasteiger partial charge is 0.352 e. The molecule has 21 heavy (non-hydrogen) atoms. The van der Waals surface area contributed by atoms with Gasteiger partial charge in [-0.05, 0) is 13.8 Å². The zero-order valence-electron chi connectivity index (χ0n) is 12.8. The third kappa shape index (κ3) is 2.71. The Labute approximate surface area is 125 Å². The first-order valence-corrected chi connectivity index (χ1v) is 7.62. The first-order valence-electron chi connectivity index (χ1n) is 7.62. The third-order valence-corrected chi connectivity index (χ3v) is 4.43. The molecule has 1 aromatic carbocycles. The van der Waals surface area contributed by atoms with E-state index in [0.717, 1.165) is 37.7 Å². The smallest absolute Gasteiger partial charge is 0.159 e. The van der Waals surface area contributed by atoms with Crippen LogP contribution in [0.2, 0.25) is 0 Å². The Morgan fingerprint density at radius 2 is 1.76 bits per heavy atom. The Bertz CT molecular complexity index is 619. The van der Waals surface area contributed by atoms with Gasteiger partial charge in [-0.15, -0.1) is 5.10 Å². The van der Waals surface area contributed by atoms with Crippen molar-refractivity contribution in [3.05, 3.63) is 30.0 Å². The summed E-state index contributed by atoms with van der Waals surface area (Å²) in [5.74, 6) is 1.01. The van der Waals surface area contributed by atoms with Gasteiger partial charge < -0.3 is 10.6 Å². The first-order chi connectivity index (χ1) is 10.2. The van der Waals surface area contributed by atoms with Gasteiger partial charge in [-0.25, -0.2) is 0 Å². The van der Waals surface area contributed by atoms with Crippen molar-refractivity contribution in [3.63, 3.8) is 0 Å². The Morgan fingerprint density at radius 1 is 1.10 bits per heavy atom. The predicted molar refractivity (Wildman–Crippen MR) is 86.6 cm³/mol. The molecule has 3 rings (SSSR count). The molecule has 2 heterocycles. The molecule has 2 N–H and O–H groups in total. The fraction of sp³-hybridized carbons (Fsp3) is 0.500. The lowest BCUT2D eigenvalue weighted by molar-refractivity contribution is 0.201. The molecule has 1 aliphatic rings. The molecule has 0 bridgehead atoms. The molecule has 0 spiro atoms. The highest BCUT2D eigenvalue weighted by Gasteiger charge is 2.22. The van der Waals surface area contributed by atoms with Gasteiger partial charge in [0, 0.05) is 49.5 Å². The number of nitrogens with two attached hydrogens (primary N) is 1. The van der Waals surface area contributed by atoms with Gasteiger partial charge in [0.25, 0.3) is 0 Å². The molecule has 112 valence electrons. The fourth-order valence-corrected chi connectivity index (χ4v) is 2.98. The van der Waals surface area contributed by atoms with Crippen LogP contribution in [-0.2, 0) is 0 Å². The Balaban J connectivity index is 1.85. The summed E-state index contributed by atoms with van der Waals surface area (Å²) in [7, 11) is 0. The van der Waals surface area contributed by atoms with Crippen LogP contribution in [0.3, 0.4) is 0 Å². The lowest BCUT2D eigenvalue weighted by Crippen LogP contribution is -2.51. The van der Waals surface area contributed by atoms with E-state index >= 15 is 0 Å². The summed E-state index contributed by atoms with van der Waals surface area (Å²) in [6.07, 6.45) is 0. The van der Waals surface area contributed by atoms with Crippen LogP contribution in [0.15, 0.2) is 24.3 Å². The standard InChI is InChI=1S/C16H23N5/c1-12(11-17)20-7-9-21(10-8-20)16-15-6-4-3-5-14(15)13(2)18-19-16/h3-6,12H,7-11,17H2,1-2H3. The molecule has 0 saturated carbocycles. The van der Waals surface area contributed by atoms with Crippen LogP contribution in [0.1, 0.15) is 12.6 Å². The SMILES string of the molecule is Cc1nnc(N2CCN(C(C)CN)CC2)c2ccccc12. The van der Waals surface area contributed by atoms with Crippen molar-refractivity contribution in [3.8, 4) is 0 Å². The summed E-state index contributed by atoms with van der Waals surface area (Å²) in [4.78, 5) is 4.79. The van der Waals surface area contributed by atoms with Crippen molar-refractivity contribution >= 4 is 16.6 Å². The van der Waals surface area contributed by atoms with Gasteiger partial charge in [0.05, 0.1) is 5.69 Å². The first kappa shape index (κ1) is 14.2. The molecule has 2 aromatic rings. The number of aromatic nitrogens is 2. The van der Waals surface area contributed by atoms with E-state index in [2.05, 4.69) is 51.2 Å². The van der Waals surface area contributed by atoms with Crippen molar-refractivity contribution in [2.24, 2.45) is 5.73 Å². The number of nitrogens with zero attached hydrogens (tertiary/aromatic N) is 4. The third-order valence-electron chi connectivity index (χ3n) is 4.43. The fourth-order valence-electron chi connectivity index (χ4n) is 2.98. The zero-order chi connectivity index (χ0) is 14.8. The molecule has 1 aliphatic heterocycles. The van der Waals surface area contributed by atoms with Gasteiger partial charge in [0.15, 0.2) is 5.82 Å². The van der Waals surface area contributed by atoms with Crippen LogP contribution in [0.25, 0.3) is 10.8 Å². The average molecular weight is 285 g/mol. The van der Waals surface area contributed by atoms with Crippen molar-refractivity contribution < 1.29 is 0 Å². The Hall–Kier alpha value is -1.72. The molecular weight excluding hydrogens is 262 g/mol. The van der Waals surface area contributed by atoms with Gasteiger partial charge in [-0.2, -0.15) is 5.10 Å². The molecular formula is C16H23N5. The number of hydrogen-bond acceptors (Lipinski definition) is 5. The van der Waals surface area contributed by atoms with E-state index in [4.69, 9.17) is 5.73 Å². The number of hydrogen-bond donors (Lipinski definition) is 1. The molecule has 1 atom stereocenters. The lowest BCUT2D eigenvalue weighted by atomic mass is 10.1. The van der Waals surface area contributed by atoms with Crippen LogP contribution < -0.4 is 10.6 Å². The summed E-state index contributed by atoms with van der Waals surface area (Å²) >= 11 is 0. The lowest BCUT2D eigenvalue weighted by Gasteiger charge is -2.38. The topological polar surface area (TPSA) is 58.3 Å². The van der Waals surface area contributed by atoms with Crippen molar-refractivity contribution in [1.82, 2.24) is 15.1 Å². The minimum atomic E-state index is 0.452. The summed E-state index contributed by atoms with van der Waals surface area (Å²) < 4.78 is 0. The predicted octanol–water partition coefficient (Wildman–Crippen LogP) is 1.41. The van der Waals surface area contributed by atoms with E-state index < -0.39 is 0 Å². The van der Waals surface area contributed by atoms with Gasteiger partial charge in [0.2, 0.25) is 0 Å². The summed E-state index contributed by atoms with van der Waals surface area (Å²) in [5, 5.41) is 11.2. The molecule has 0 amide bonds. The maximum atomic E-state index is 5.76. The van der Waals surface area contributed by atoms with Crippen molar-refractivity contribution in [2.75, 3.05) is 37.6 Å². The molecule has 5 heteroatoms. The van der Waals surface area contributed by atoms with E-state index in [9.17, 15) is 0 Å². The monoisotopic (exact) mass is 285 g/mol. The zero-order valence-corrected chi connectivity index (χ0v) is 12.8. The van der Waals surface area contributed by atoms with Crippen molar-refractivity contribution in [1.29, 1.82) is 0 Å². The van der Waals surface area contributed by atoms with Crippen molar-refractivity contribution in [2.45, 2.75) is 19.9 Å². The van der Waals surface area contributed by atoms with Crippen LogP contribution in [0.4, 0.5) is 5.82 Å². The number of fused-ring (bicyclic) bond motifs is 1. The van der Waals surface area contributed by atoms with E-state index in [1.807, 2.05) is 6.92 Å². The normalized spacial score (nSPS) is 18.1. The summed E-state index contributed by atoms with van der Waals surface area (Å²) in [6.45, 7) is 8.94. The highest BCUT2D eigenvalue weighted by molar-refractivity contribution is 5.93. The number of rotatable bonds is 3. The molecule has 1 saturated heterocycles. The molecule has 1 aromatic heterocycles. The highest BCUT2D eigenvalue weighted by atomic mass is 15.3. The van der Waals surface area contributed by atoms with Gasteiger partial charge in [-0.3, -0.25) is 4.90 Å². The second kappa shape index (κ2) is 5.95. The van der Waals surface area contributed by atoms with E-state index in [-0.39, 0.29) is 0 Å². The number of anilines is 1. The maximum absolute atomic E-state index is 5.76. The number of aryl methyl sites for hydroxylation is 1. The Kier molecular flexibility index (Phi) is 4.03. The minimum absolute atomic E-state index is 0.452. The summed E-state index contributed by atoms with van der Waals surface area (Å²) in [5.41, 5.74) is 6.75. The highest BCUT2D eigenvalue weighted by Crippen LogP contribution is 2.26. The van der Waals surface area contributed by atoms with E-state index in [0.29, 0.717) is 12.6 Å². The number of piperazine rings is 1. The molecule has 5 nitrogen and oxygen atoms in total. The number of benzene rings is 1. The molecule has 1 fully saturated rings. The molecule has 0 radical (unpaired) electrons. The second-order valence-corrected chi connectivity index (χ2v) is 5.76. The van der Waals surface area contributed by atoms with Gasteiger partial charge >= 0.3 is 0 Å². The van der Waals surface area contributed by atoms with Gasteiger partial charge in [-0.1, -0.05) is 24.3 Å². The minimum Gasteiger partial charge on any atom is -0.352 e. The van der Waals surface area contributed by atoms with Crippen LogP contribution in [0.5, 0.6) is 0 Å². The molecule has 0 aliphatic carbocycles. The second-order valence-electron chi connectivity index (χ2n) is 5.76.